The van der Waals surface area contributed by atoms with Gasteiger partial charge in [0.2, 0.25) is 0 Å². The second-order valence-electron chi connectivity index (χ2n) is 6.76. The molecule has 1 aliphatic rings. The number of nitrogens with one attached hydrogen (secondary N) is 1. The minimum absolute atomic E-state index is 0.0423. The first-order valence-corrected chi connectivity index (χ1v) is 7.66. The van der Waals surface area contributed by atoms with Crippen LogP contribution in [0, 0.1) is 11.8 Å². The number of carbonyl (C=O) groups excluding carboxylic acids is 1. The first kappa shape index (κ1) is 17.8. The number of carbonyl (C=O) groups is 2. The number of amides is 2. The predicted molar refractivity (Wildman–Crippen MR) is 80.0 cm³/mol. The van der Waals surface area contributed by atoms with Crippen molar-refractivity contribution in [1.82, 2.24) is 10.2 Å². The molecular formula is C15H28N2O4. The van der Waals surface area contributed by atoms with Crippen LogP contribution in [0.15, 0.2) is 0 Å². The summed E-state index contributed by atoms with van der Waals surface area (Å²) in [5.41, 5.74) is -0.680. The van der Waals surface area contributed by atoms with Gasteiger partial charge in [0.1, 0.15) is 0 Å². The number of hydrogen-bond donors (Lipinski definition) is 3. The quantitative estimate of drug-likeness (QED) is 0.696. The molecule has 1 aliphatic heterocycles. The first-order chi connectivity index (χ1) is 9.69. The second kappa shape index (κ2) is 7.64. The molecule has 1 heterocycles. The lowest BCUT2D eigenvalue weighted by Gasteiger charge is -2.36. The lowest BCUT2D eigenvalue weighted by atomic mass is 9.93. The molecule has 0 radical (unpaired) electrons. The summed E-state index contributed by atoms with van der Waals surface area (Å²) in [4.78, 5) is 24.6. The van der Waals surface area contributed by atoms with Crippen LogP contribution in [-0.4, -0.2) is 52.3 Å². The minimum atomic E-state index is -0.830. The molecule has 0 aromatic carbocycles. The molecule has 0 bridgehead atoms. The van der Waals surface area contributed by atoms with E-state index in [1.807, 2.05) is 13.8 Å². The number of piperidine rings is 1. The van der Waals surface area contributed by atoms with Crippen LogP contribution >= 0.6 is 0 Å². The van der Waals surface area contributed by atoms with E-state index in [0.29, 0.717) is 38.4 Å². The molecule has 6 nitrogen and oxygen atoms in total. The van der Waals surface area contributed by atoms with Crippen LogP contribution in [0.4, 0.5) is 4.79 Å². The lowest BCUT2D eigenvalue weighted by molar-refractivity contribution is -0.138. The van der Waals surface area contributed by atoms with Crippen molar-refractivity contribution in [2.75, 3.05) is 19.6 Å². The largest absolute Gasteiger partial charge is 0.481 e. The second-order valence-corrected chi connectivity index (χ2v) is 6.76. The summed E-state index contributed by atoms with van der Waals surface area (Å²) in [6, 6.07) is -0.162. The maximum atomic E-state index is 12.1. The number of aliphatic hydroxyl groups is 1. The fraction of sp³-hybridized carbons (Fsp3) is 0.867. The van der Waals surface area contributed by atoms with E-state index in [1.54, 1.807) is 11.8 Å². The molecule has 0 aliphatic carbocycles. The highest BCUT2D eigenvalue weighted by molar-refractivity contribution is 5.74. The molecule has 0 saturated carbocycles. The third-order valence-electron chi connectivity index (χ3n) is 3.94. The number of carboxylic acid groups (broad SMARTS) is 1. The smallest absolute Gasteiger partial charge is 0.317 e. The molecule has 3 N–H and O–H groups in total. The predicted octanol–water partition coefficient (Wildman–Crippen LogP) is 1.68. The van der Waals surface area contributed by atoms with E-state index in [2.05, 4.69) is 5.32 Å². The van der Waals surface area contributed by atoms with Gasteiger partial charge in [-0.3, -0.25) is 4.79 Å². The van der Waals surface area contributed by atoms with Crippen molar-refractivity contribution in [2.24, 2.45) is 11.8 Å². The van der Waals surface area contributed by atoms with Gasteiger partial charge in [0.05, 0.1) is 5.60 Å². The summed E-state index contributed by atoms with van der Waals surface area (Å²) in [5.74, 6) is -0.473. The standard InChI is InChI=1S/C15H28N2O4/c1-11(2)8-12(9-13(18)19)10-16-14(20)17-6-4-15(3,21)5-7-17/h11-12,21H,4-10H2,1-3H3,(H,16,20)(H,18,19). The maximum Gasteiger partial charge on any atom is 0.317 e. The summed E-state index contributed by atoms with van der Waals surface area (Å²) in [6.45, 7) is 7.33. The Morgan fingerprint density at radius 2 is 1.86 bits per heavy atom. The monoisotopic (exact) mass is 300 g/mol. The van der Waals surface area contributed by atoms with Crippen molar-refractivity contribution in [1.29, 1.82) is 0 Å². The average molecular weight is 300 g/mol. The SMILES string of the molecule is CC(C)CC(CNC(=O)N1CCC(C)(O)CC1)CC(=O)O. The number of nitrogens with zero attached hydrogens (tertiary/aromatic N) is 1. The highest BCUT2D eigenvalue weighted by atomic mass is 16.4. The number of carboxylic acids is 1. The molecule has 0 aromatic heterocycles. The Morgan fingerprint density at radius 1 is 1.29 bits per heavy atom. The molecular weight excluding hydrogens is 272 g/mol. The molecule has 122 valence electrons. The Bertz CT molecular complexity index is 359. The molecule has 0 aromatic rings. The van der Waals surface area contributed by atoms with E-state index >= 15 is 0 Å². The first-order valence-electron chi connectivity index (χ1n) is 7.66. The number of rotatable bonds is 6. The molecule has 1 unspecified atom stereocenters. The lowest BCUT2D eigenvalue weighted by Crippen LogP contribution is -2.49. The van der Waals surface area contributed by atoms with Crippen molar-refractivity contribution >= 4 is 12.0 Å². The van der Waals surface area contributed by atoms with E-state index in [-0.39, 0.29) is 18.4 Å². The molecule has 1 rings (SSSR count). The van der Waals surface area contributed by atoms with Crippen LogP contribution in [0.1, 0.15) is 46.5 Å². The van der Waals surface area contributed by atoms with Gasteiger partial charge in [-0.15, -0.1) is 0 Å². The molecule has 0 spiro atoms. The Morgan fingerprint density at radius 3 is 2.33 bits per heavy atom. The summed E-state index contributed by atoms with van der Waals surface area (Å²) < 4.78 is 0. The Hall–Kier alpha value is -1.30. The van der Waals surface area contributed by atoms with Gasteiger partial charge in [0, 0.05) is 26.1 Å². The fourth-order valence-corrected chi connectivity index (χ4v) is 2.69. The van der Waals surface area contributed by atoms with Gasteiger partial charge < -0.3 is 20.4 Å². The van der Waals surface area contributed by atoms with Gasteiger partial charge in [-0.25, -0.2) is 4.79 Å². The molecule has 1 atom stereocenters. The molecule has 6 heteroatoms. The van der Waals surface area contributed by atoms with Crippen molar-refractivity contribution in [3.63, 3.8) is 0 Å². The minimum Gasteiger partial charge on any atom is -0.481 e. The van der Waals surface area contributed by atoms with Gasteiger partial charge in [-0.05, 0) is 38.0 Å². The molecule has 2 amide bonds. The van der Waals surface area contributed by atoms with E-state index < -0.39 is 11.6 Å². The molecule has 1 fully saturated rings. The Kier molecular flexibility index (Phi) is 6.45. The summed E-state index contributed by atoms with van der Waals surface area (Å²) >= 11 is 0. The van der Waals surface area contributed by atoms with E-state index in [0.717, 1.165) is 6.42 Å². The third kappa shape index (κ3) is 6.80. The third-order valence-corrected chi connectivity index (χ3v) is 3.94. The van der Waals surface area contributed by atoms with Gasteiger partial charge in [0.25, 0.3) is 0 Å². The highest BCUT2D eigenvalue weighted by Gasteiger charge is 2.29. The Labute approximate surface area is 126 Å². The molecule has 21 heavy (non-hydrogen) atoms. The topological polar surface area (TPSA) is 89.9 Å². The van der Waals surface area contributed by atoms with Crippen LogP contribution in [0.2, 0.25) is 0 Å². The van der Waals surface area contributed by atoms with E-state index in [4.69, 9.17) is 5.11 Å². The van der Waals surface area contributed by atoms with E-state index in [1.165, 1.54) is 0 Å². The summed E-state index contributed by atoms with van der Waals surface area (Å²) in [5, 5.41) is 21.6. The number of likely N-dealkylation sites (tertiary alicyclic amines) is 1. The van der Waals surface area contributed by atoms with Crippen molar-refractivity contribution in [3.05, 3.63) is 0 Å². The number of aliphatic carboxylic acids is 1. The zero-order valence-electron chi connectivity index (χ0n) is 13.3. The van der Waals surface area contributed by atoms with Crippen LogP contribution in [-0.2, 0) is 4.79 Å². The van der Waals surface area contributed by atoms with Gasteiger partial charge >= 0.3 is 12.0 Å². The van der Waals surface area contributed by atoms with Crippen LogP contribution in [0.3, 0.4) is 0 Å². The van der Waals surface area contributed by atoms with Gasteiger partial charge in [0.15, 0.2) is 0 Å². The zero-order chi connectivity index (χ0) is 16.0. The maximum absolute atomic E-state index is 12.1. The van der Waals surface area contributed by atoms with Crippen LogP contribution in [0.5, 0.6) is 0 Å². The van der Waals surface area contributed by atoms with Gasteiger partial charge in [-0.1, -0.05) is 13.8 Å². The van der Waals surface area contributed by atoms with Crippen LogP contribution < -0.4 is 5.32 Å². The Balaban J connectivity index is 2.40. The summed E-state index contributed by atoms with van der Waals surface area (Å²) in [7, 11) is 0. The van der Waals surface area contributed by atoms with Crippen molar-refractivity contribution in [2.45, 2.75) is 52.1 Å². The highest BCUT2D eigenvalue weighted by Crippen LogP contribution is 2.21. The normalized spacial score (nSPS) is 19.4. The number of urea groups is 1. The fourth-order valence-electron chi connectivity index (χ4n) is 2.69. The van der Waals surface area contributed by atoms with Gasteiger partial charge in [-0.2, -0.15) is 0 Å². The number of hydrogen-bond acceptors (Lipinski definition) is 3. The van der Waals surface area contributed by atoms with Crippen molar-refractivity contribution < 1.29 is 19.8 Å². The molecule has 1 saturated heterocycles. The average Bonchev–Trinajstić information content (AvgIpc) is 2.34. The van der Waals surface area contributed by atoms with E-state index in [9.17, 15) is 14.7 Å². The van der Waals surface area contributed by atoms with Crippen molar-refractivity contribution in [3.8, 4) is 0 Å². The van der Waals surface area contributed by atoms with Crippen LogP contribution in [0.25, 0.3) is 0 Å². The zero-order valence-corrected chi connectivity index (χ0v) is 13.3. The summed E-state index contributed by atoms with van der Waals surface area (Å²) in [6.07, 6.45) is 2.00.